The lowest BCUT2D eigenvalue weighted by Gasteiger charge is -2.42. The van der Waals surface area contributed by atoms with E-state index in [9.17, 15) is 15.3 Å². The average Bonchev–Trinajstić information content (AvgIpc) is 2.77. The fourth-order valence-electron chi connectivity index (χ4n) is 6.26. The van der Waals surface area contributed by atoms with Gasteiger partial charge in [-0.25, -0.2) is 0 Å². The van der Waals surface area contributed by atoms with Gasteiger partial charge in [-0.2, -0.15) is 0 Å². The molecule has 0 aliphatic carbocycles. The highest BCUT2D eigenvalue weighted by Crippen LogP contribution is 2.49. The van der Waals surface area contributed by atoms with Gasteiger partial charge in [0.25, 0.3) is 0 Å². The monoisotopic (exact) mass is 540 g/mol. The van der Waals surface area contributed by atoms with Crippen molar-refractivity contribution in [3.05, 3.63) is 63.2 Å². The molecule has 0 radical (unpaired) electrons. The number of ether oxygens (including phenoxy) is 1. The zero-order valence-electron chi connectivity index (χ0n) is 27.3. The van der Waals surface area contributed by atoms with Gasteiger partial charge in [-0.15, -0.1) is 0 Å². The van der Waals surface area contributed by atoms with Crippen molar-refractivity contribution >= 4 is 0 Å². The highest BCUT2D eigenvalue weighted by Gasteiger charge is 2.45. The molecule has 220 valence electrons. The Hall–Kier alpha value is -1.88. The van der Waals surface area contributed by atoms with Crippen LogP contribution in [0, 0.1) is 19.3 Å². The summed E-state index contributed by atoms with van der Waals surface area (Å²) in [6.45, 7) is 29.5. The molecule has 1 unspecified atom stereocenters. The number of rotatable bonds is 7. The van der Waals surface area contributed by atoms with Crippen LogP contribution >= 0.6 is 0 Å². The summed E-state index contributed by atoms with van der Waals surface area (Å²) < 4.78 is 7.05. The van der Waals surface area contributed by atoms with Gasteiger partial charge in [-0.1, -0.05) is 101 Å². The van der Waals surface area contributed by atoms with Gasteiger partial charge in [0.15, 0.2) is 0 Å². The van der Waals surface area contributed by atoms with E-state index in [4.69, 9.17) is 4.74 Å². The molecule has 4 heteroatoms. The van der Waals surface area contributed by atoms with Crippen LogP contribution < -0.4 is 4.74 Å². The molecular formula is C35H56O4. The molecule has 2 rings (SSSR count). The maximum Gasteiger partial charge on any atom is 0.136 e. The van der Waals surface area contributed by atoms with Crippen LogP contribution in [0.15, 0.2) is 24.3 Å². The molecule has 39 heavy (non-hydrogen) atoms. The van der Waals surface area contributed by atoms with E-state index in [1.807, 2.05) is 6.07 Å². The van der Waals surface area contributed by atoms with Crippen molar-refractivity contribution in [1.29, 1.82) is 0 Å². The van der Waals surface area contributed by atoms with E-state index in [1.165, 1.54) is 22.3 Å². The fourth-order valence-corrected chi connectivity index (χ4v) is 6.26. The first-order valence-electron chi connectivity index (χ1n) is 14.3. The molecule has 4 nitrogen and oxygen atoms in total. The van der Waals surface area contributed by atoms with Gasteiger partial charge >= 0.3 is 0 Å². The second-order valence-electron chi connectivity index (χ2n) is 15.7. The first-order chi connectivity index (χ1) is 17.6. The molecule has 0 saturated carbocycles. The predicted molar refractivity (Wildman–Crippen MR) is 164 cm³/mol. The smallest absolute Gasteiger partial charge is 0.136 e. The summed E-state index contributed by atoms with van der Waals surface area (Å²) in [4.78, 5) is 0. The number of hydrogen-bond donors (Lipinski definition) is 3. The van der Waals surface area contributed by atoms with Crippen LogP contribution in [0.1, 0.15) is 128 Å². The van der Waals surface area contributed by atoms with Crippen LogP contribution in [-0.2, 0) is 21.7 Å². The number of aliphatic hydroxyl groups is 3. The second kappa shape index (κ2) is 11.2. The van der Waals surface area contributed by atoms with Crippen LogP contribution in [0.2, 0.25) is 0 Å². The van der Waals surface area contributed by atoms with Crippen LogP contribution in [0.3, 0.4) is 0 Å². The molecular weight excluding hydrogens is 484 g/mol. The molecule has 0 aliphatic rings. The maximum absolute atomic E-state index is 10.7. The Balaban J connectivity index is 3.10. The molecule has 1 atom stereocenters. The van der Waals surface area contributed by atoms with Gasteiger partial charge in [-0.3, -0.25) is 0 Å². The molecule has 0 amide bonds. The van der Waals surface area contributed by atoms with Gasteiger partial charge in [0.1, 0.15) is 11.9 Å². The van der Waals surface area contributed by atoms with Crippen LogP contribution in [-0.4, -0.2) is 35.1 Å². The number of aliphatic hydroxyl groups excluding tert-OH is 3. The number of aryl methyl sites for hydroxylation is 2. The number of hydrogen-bond acceptors (Lipinski definition) is 4. The summed E-state index contributed by atoms with van der Waals surface area (Å²) in [5.74, 6) is 0.723. The van der Waals surface area contributed by atoms with Gasteiger partial charge < -0.3 is 20.1 Å². The lowest BCUT2D eigenvalue weighted by molar-refractivity contribution is -0.0752. The molecule has 2 aromatic rings. The highest BCUT2D eigenvalue weighted by molar-refractivity contribution is 5.53. The van der Waals surface area contributed by atoms with Crippen molar-refractivity contribution in [3.63, 3.8) is 0 Å². The first kappa shape index (κ1) is 33.3. The molecule has 0 spiro atoms. The minimum absolute atomic E-state index is 0.122. The SMILES string of the molecule is Cc1ccc(OC(c2ccc(C)c(C(C)(C)C)c2C(C)(C)C)C(CO)(CO)CO)c(C(C)(C)C)c1C(C)(C)C. The molecule has 0 aliphatic heterocycles. The Kier molecular flexibility index (Phi) is 9.56. The lowest BCUT2D eigenvalue weighted by Crippen LogP contribution is -2.44. The Bertz CT molecular complexity index is 1140. The van der Waals surface area contributed by atoms with Crippen LogP contribution in [0.4, 0.5) is 0 Å². The molecule has 0 aromatic heterocycles. The molecule has 0 bridgehead atoms. The van der Waals surface area contributed by atoms with Gasteiger partial charge in [0.2, 0.25) is 0 Å². The van der Waals surface area contributed by atoms with E-state index >= 15 is 0 Å². The summed E-state index contributed by atoms with van der Waals surface area (Å²) in [5.41, 5.74) is 5.97. The standard InChI is InChI=1S/C35H56O4/c1-22-15-17-24(28(33(9,10)11)26(22)31(3,4)5)30(35(19-36,20-37)21-38)39-25-18-16-23(2)27(32(6,7)8)29(25)34(12,13)14/h15-18,30,36-38H,19-21H2,1-14H3. The third kappa shape index (κ3) is 6.72. The molecule has 0 saturated heterocycles. The average molecular weight is 541 g/mol. The molecule has 0 heterocycles. The molecule has 2 aromatic carbocycles. The van der Waals surface area contributed by atoms with E-state index in [2.05, 4.69) is 115 Å². The molecule has 3 N–H and O–H groups in total. The van der Waals surface area contributed by atoms with Gasteiger partial charge in [-0.05, 0) is 75.0 Å². The Morgan fingerprint density at radius 2 is 0.897 bits per heavy atom. The predicted octanol–water partition coefficient (Wildman–Crippen LogP) is 7.58. The Morgan fingerprint density at radius 1 is 0.538 bits per heavy atom. The first-order valence-corrected chi connectivity index (χ1v) is 14.3. The minimum Gasteiger partial charge on any atom is -0.485 e. The van der Waals surface area contributed by atoms with E-state index in [1.54, 1.807) is 0 Å². The summed E-state index contributed by atoms with van der Waals surface area (Å²) >= 11 is 0. The normalized spacial score (nSPS) is 14.5. The quantitative estimate of drug-likeness (QED) is 0.339. The van der Waals surface area contributed by atoms with Crippen molar-refractivity contribution in [2.24, 2.45) is 5.41 Å². The summed E-state index contributed by atoms with van der Waals surface area (Å²) in [6, 6.07) is 8.30. The third-order valence-corrected chi connectivity index (χ3v) is 7.85. The summed E-state index contributed by atoms with van der Waals surface area (Å²) in [6.07, 6.45) is -0.787. The fraction of sp³-hybridized carbons (Fsp3) is 0.657. The Morgan fingerprint density at radius 3 is 1.26 bits per heavy atom. The molecule has 0 fully saturated rings. The maximum atomic E-state index is 10.7. The van der Waals surface area contributed by atoms with Crippen LogP contribution in [0.5, 0.6) is 5.75 Å². The van der Waals surface area contributed by atoms with Crippen LogP contribution in [0.25, 0.3) is 0 Å². The largest absolute Gasteiger partial charge is 0.485 e. The van der Waals surface area contributed by atoms with Crippen molar-refractivity contribution in [2.45, 2.75) is 125 Å². The van der Waals surface area contributed by atoms with Gasteiger partial charge in [0.05, 0.1) is 25.2 Å². The number of benzene rings is 2. The third-order valence-electron chi connectivity index (χ3n) is 7.85. The van der Waals surface area contributed by atoms with Crippen molar-refractivity contribution in [2.75, 3.05) is 19.8 Å². The van der Waals surface area contributed by atoms with Crippen molar-refractivity contribution < 1.29 is 20.1 Å². The summed E-state index contributed by atoms with van der Waals surface area (Å²) in [7, 11) is 0. The van der Waals surface area contributed by atoms with E-state index in [0.29, 0.717) is 0 Å². The lowest BCUT2D eigenvalue weighted by atomic mass is 9.68. The Labute approximate surface area is 238 Å². The van der Waals surface area contributed by atoms with E-state index in [-0.39, 0.29) is 21.7 Å². The van der Waals surface area contributed by atoms with E-state index < -0.39 is 31.3 Å². The zero-order valence-corrected chi connectivity index (χ0v) is 27.3. The topological polar surface area (TPSA) is 69.9 Å². The van der Waals surface area contributed by atoms with E-state index in [0.717, 1.165) is 22.4 Å². The second-order valence-corrected chi connectivity index (χ2v) is 15.7. The highest BCUT2D eigenvalue weighted by atomic mass is 16.5. The summed E-state index contributed by atoms with van der Waals surface area (Å²) in [5, 5.41) is 32.2. The zero-order chi connectivity index (χ0) is 30.4. The van der Waals surface area contributed by atoms with Gasteiger partial charge in [0, 0.05) is 5.56 Å². The van der Waals surface area contributed by atoms with Crippen molar-refractivity contribution in [1.82, 2.24) is 0 Å². The minimum atomic E-state index is -1.30. The van der Waals surface area contributed by atoms with Crippen molar-refractivity contribution in [3.8, 4) is 5.75 Å².